The molecule has 0 fully saturated rings. The second-order valence-electron chi connectivity index (χ2n) is 5.43. The standard InChI is InChI=1S/C16H18N6O2S/c1-22-9-13(19-10-22)16(24)18-6-3-5-17-15(23)12-8-11(20-21-12)14-4-2-7-25-14/h2,4,7-10H,3,5-6H2,1H3,(H,17,23)(H,18,24)(H,20,21). The third-order valence-electron chi connectivity index (χ3n) is 3.46. The molecule has 3 aromatic heterocycles. The van der Waals surface area contributed by atoms with Crippen LogP contribution >= 0.6 is 11.3 Å². The number of amides is 2. The zero-order chi connectivity index (χ0) is 17.6. The Morgan fingerprint density at radius 3 is 2.64 bits per heavy atom. The van der Waals surface area contributed by atoms with Gasteiger partial charge in [0.2, 0.25) is 0 Å². The summed E-state index contributed by atoms with van der Waals surface area (Å²) in [6.07, 6.45) is 3.84. The van der Waals surface area contributed by atoms with Crippen molar-refractivity contribution in [3.63, 3.8) is 0 Å². The highest BCUT2D eigenvalue weighted by Gasteiger charge is 2.12. The van der Waals surface area contributed by atoms with Crippen LogP contribution in [-0.2, 0) is 7.05 Å². The van der Waals surface area contributed by atoms with E-state index in [-0.39, 0.29) is 11.8 Å². The van der Waals surface area contributed by atoms with Crippen LogP contribution in [0.2, 0.25) is 0 Å². The third-order valence-corrected chi connectivity index (χ3v) is 4.36. The van der Waals surface area contributed by atoms with Gasteiger partial charge in [-0.2, -0.15) is 5.10 Å². The highest BCUT2D eigenvalue weighted by Crippen LogP contribution is 2.22. The number of aromatic nitrogens is 4. The van der Waals surface area contributed by atoms with Crippen LogP contribution in [-0.4, -0.2) is 44.7 Å². The van der Waals surface area contributed by atoms with Crippen LogP contribution in [0.25, 0.3) is 10.6 Å². The second kappa shape index (κ2) is 7.75. The number of carbonyl (C=O) groups excluding carboxylic acids is 2. The van der Waals surface area contributed by atoms with E-state index >= 15 is 0 Å². The molecule has 0 saturated heterocycles. The zero-order valence-electron chi connectivity index (χ0n) is 13.7. The molecule has 0 bridgehead atoms. The van der Waals surface area contributed by atoms with Gasteiger partial charge in [-0.05, 0) is 23.9 Å². The number of aromatic amines is 1. The largest absolute Gasteiger partial charge is 0.351 e. The second-order valence-corrected chi connectivity index (χ2v) is 6.38. The lowest BCUT2D eigenvalue weighted by Crippen LogP contribution is -2.30. The van der Waals surface area contributed by atoms with Gasteiger partial charge >= 0.3 is 0 Å². The predicted octanol–water partition coefficient (Wildman–Crippen LogP) is 1.42. The van der Waals surface area contributed by atoms with Crippen LogP contribution in [0.3, 0.4) is 0 Å². The minimum Gasteiger partial charge on any atom is -0.351 e. The van der Waals surface area contributed by atoms with Gasteiger partial charge in [0.25, 0.3) is 11.8 Å². The molecule has 0 saturated carbocycles. The number of imidazole rings is 1. The fourth-order valence-corrected chi connectivity index (χ4v) is 2.89. The Balaban J connectivity index is 1.39. The van der Waals surface area contributed by atoms with E-state index in [0.29, 0.717) is 30.9 Å². The highest BCUT2D eigenvalue weighted by atomic mass is 32.1. The van der Waals surface area contributed by atoms with E-state index in [1.165, 1.54) is 0 Å². The smallest absolute Gasteiger partial charge is 0.271 e. The molecular formula is C16H18N6O2S. The lowest BCUT2D eigenvalue weighted by molar-refractivity contribution is 0.0947. The molecule has 2 amide bonds. The number of aryl methyl sites for hydroxylation is 1. The molecule has 3 N–H and O–H groups in total. The van der Waals surface area contributed by atoms with Crippen molar-refractivity contribution < 1.29 is 9.59 Å². The summed E-state index contributed by atoms with van der Waals surface area (Å²) in [6, 6.07) is 5.63. The Hall–Kier alpha value is -2.94. The number of thiophene rings is 1. The van der Waals surface area contributed by atoms with Gasteiger partial charge in [0, 0.05) is 26.3 Å². The molecule has 9 heteroatoms. The van der Waals surface area contributed by atoms with Crippen molar-refractivity contribution in [3.05, 3.63) is 47.5 Å². The average Bonchev–Trinajstić information content (AvgIpc) is 3.34. The molecule has 0 atom stereocenters. The van der Waals surface area contributed by atoms with Gasteiger partial charge in [-0.25, -0.2) is 4.98 Å². The lowest BCUT2D eigenvalue weighted by atomic mass is 10.3. The Bertz CT molecular complexity index is 852. The van der Waals surface area contributed by atoms with Crippen LogP contribution in [0.1, 0.15) is 27.4 Å². The molecule has 8 nitrogen and oxygen atoms in total. The normalized spacial score (nSPS) is 10.6. The van der Waals surface area contributed by atoms with Crippen LogP contribution < -0.4 is 10.6 Å². The average molecular weight is 358 g/mol. The number of hydrogen-bond acceptors (Lipinski definition) is 5. The molecule has 0 spiro atoms. The van der Waals surface area contributed by atoms with Gasteiger partial charge < -0.3 is 15.2 Å². The molecule has 0 radical (unpaired) electrons. The third kappa shape index (κ3) is 4.32. The summed E-state index contributed by atoms with van der Waals surface area (Å²) in [4.78, 5) is 28.9. The summed E-state index contributed by atoms with van der Waals surface area (Å²) in [5, 5.41) is 14.4. The Kier molecular flexibility index (Phi) is 5.24. The van der Waals surface area contributed by atoms with Crippen LogP contribution in [0, 0.1) is 0 Å². The SMILES string of the molecule is Cn1cnc(C(=O)NCCCNC(=O)c2cc(-c3cccs3)[nH]n2)c1. The molecule has 25 heavy (non-hydrogen) atoms. The zero-order valence-corrected chi connectivity index (χ0v) is 14.5. The number of nitrogens with zero attached hydrogens (tertiary/aromatic N) is 3. The van der Waals surface area contributed by atoms with E-state index in [1.807, 2.05) is 17.5 Å². The summed E-state index contributed by atoms with van der Waals surface area (Å²) >= 11 is 1.58. The van der Waals surface area contributed by atoms with Gasteiger partial charge in [0.15, 0.2) is 5.69 Å². The Morgan fingerprint density at radius 2 is 2.00 bits per heavy atom. The summed E-state index contributed by atoms with van der Waals surface area (Å²) < 4.78 is 1.71. The molecule has 3 aromatic rings. The maximum atomic E-state index is 12.1. The topological polar surface area (TPSA) is 105 Å². The molecule has 0 aliphatic heterocycles. The van der Waals surface area contributed by atoms with Crippen molar-refractivity contribution >= 4 is 23.2 Å². The summed E-state index contributed by atoms with van der Waals surface area (Å²) in [5.74, 6) is -0.463. The molecular weight excluding hydrogens is 340 g/mol. The monoisotopic (exact) mass is 358 g/mol. The number of H-pyrrole nitrogens is 1. The summed E-state index contributed by atoms with van der Waals surface area (Å²) in [5.41, 5.74) is 1.55. The summed E-state index contributed by atoms with van der Waals surface area (Å²) in [6.45, 7) is 0.902. The van der Waals surface area contributed by atoms with E-state index < -0.39 is 0 Å². The molecule has 0 aliphatic rings. The molecule has 0 aromatic carbocycles. The Labute approximate surface area is 148 Å². The van der Waals surface area contributed by atoms with Crippen molar-refractivity contribution in [2.24, 2.45) is 7.05 Å². The maximum Gasteiger partial charge on any atom is 0.271 e. The summed E-state index contributed by atoms with van der Waals surface area (Å²) in [7, 11) is 1.80. The van der Waals surface area contributed by atoms with Crippen LogP contribution in [0.5, 0.6) is 0 Å². The fourth-order valence-electron chi connectivity index (χ4n) is 2.20. The van der Waals surface area contributed by atoms with Gasteiger partial charge in [-0.15, -0.1) is 11.3 Å². The molecule has 0 unspecified atom stereocenters. The minimum atomic E-state index is -0.241. The first-order chi connectivity index (χ1) is 12.1. The van der Waals surface area contributed by atoms with E-state index in [2.05, 4.69) is 25.8 Å². The fraction of sp³-hybridized carbons (Fsp3) is 0.250. The van der Waals surface area contributed by atoms with Gasteiger partial charge in [0.05, 0.1) is 16.9 Å². The van der Waals surface area contributed by atoms with E-state index in [1.54, 1.807) is 41.5 Å². The number of carbonyl (C=O) groups is 2. The quantitative estimate of drug-likeness (QED) is 0.556. The minimum absolute atomic E-state index is 0.222. The highest BCUT2D eigenvalue weighted by molar-refractivity contribution is 7.13. The van der Waals surface area contributed by atoms with Crippen molar-refractivity contribution in [1.29, 1.82) is 0 Å². The van der Waals surface area contributed by atoms with E-state index in [0.717, 1.165) is 10.6 Å². The van der Waals surface area contributed by atoms with Crippen molar-refractivity contribution in [3.8, 4) is 10.6 Å². The van der Waals surface area contributed by atoms with Gasteiger partial charge in [-0.3, -0.25) is 14.7 Å². The molecule has 3 heterocycles. The van der Waals surface area contributed by atoms with E-state index in [9.17, 15) is 9.59 Å². The van der Waals surface area contributed by atoms with Crippen molar-refractivity contribution in [2.75, 3.05) is 13.1 Å². The predicted molar refractivity (Wildman–Crippen MR) is 94.4 cm³/mol. The van der Waals surface area contributed by atoms with Gasteiger partial charge in [0.1, 0.15) is 5.69 Å². The molecule has 3 rings (SSSR count). The van der Waals surface area contributed by atoms with Crippen LogP contribution in [0.4, 0.5) is 0 Å². The van der Waals surface area contributed by atoms with Crippen LogP contribution in [0.15, 0.2) is 36.1 Å². The first-order valence-corrected chi connectivity index (χ1v) is 8.65. The number of hydrogen-bond donors (Lipinski definition) is 3. The maximum absolute atomic E-state index is 12.1. The molecule has 0 aliphatic carbocycles. The molecule has 130 valence electrons. The Morgan fingerprint density at radius 1 is 1.24 bits per heavy atom. The van der Waals surface area contributed by atoms with E-state index in [4.69, 9.17) is 0 Å². The first kappa shape index (κ1) is 16.9. The van der Waals surface area contributed by atoms with Crippen molar-refractivity contribution in [2.45, 2.75) is 6.42 Å². The number of nitrogens with one attached hydrogen (secondary N) is 3. The lowest BCUT2D eigenvalue weighted by Gasteiger charge is -2.04. The van der Waals surface area contributed by atoms with Gasteiger partial charge in [-0.1, -0.05) is 6.07 Å². The number of rotatable bonds is 7. The first-order valence-electron chi connectivity index (χ1n) is 7.77. The van der Waals surface area contributed by atoms with Crippen molar-refractivity contribution in [1.82, 2.24) is 30.4 Å².